The van der Waals surface area contributed by atoms with Gasteiger partial charge >= 0.3 is 0 Å². The minimum absolute atomic E-state index is 0.0299. The third-order valence-electron chi connectivity index (χ3n) is 2.95. The van der Waals surface area contributed by atoms with Crippen LogP contribution in [0.5, 0.6) is 0 Å². The lowest BCUT2D eigenvalue weighted by atomic mass is 10.2. The van der Waals surface area contributed by atoms with Gasteiger partial charge in [0, 0.05) is 23.6 Å². The number of rotatable bonds is 5. The highest BCUT2D eigenvalue weighted by Gasteiger charge is 2.23. The molecule has 1 unspecified atom stereocenters. The Morgan fingerprint density at radius 3 is 3.10 bits per heavy atom. The van der Waals surface area contributed by atoms with Gasteiger partial charge in [0.15, 0.2) is 0 Å². The van der Waals surface area contributed by atoms with E-state index in [1.807, 2.05) is 11.4 Å². The van der Waals surface area contributed by atoms with Crippen LogP contribution in [0.2, 0.25) is 0 Å². The Labute approximate surface area is 123 Å². The average molecular weight is 314 g/mol. The Morgan fingerprint density at radius 2 is 2.40 bits per heavy atom. The van der Waals surface area contributed by atoms with E-state index in [0.29, 0.717) is 13.2 Å². The Morgan fingerprint density at radius 1 is 1.55 bits per heavy atom. The molecular weight excluding hydrogens is 296 g/mol. The molecule has 1 saturated heterocycles. The molecule has 1 aliphatic heterocycles. The first-order valence-electron chi connectivity index (χ1n) is 6.45. The van der Waals surface area contributed by atoms with E-state index in [0.717, 1.165) is 23.3 Å². The highest BCUT2D eigenvalue weighted by Crippen LogP contribution is 2.17. The van der Waals surface area contributed by atoms with Crippen molar-refractivity contribution in [1.82, 2.24) is 4.72 Å². The molecule has 2 rings (SSSR count). The van der Waals surface area contributed by atoms with E-state index in [2.05, 4.69) is 16.6 Å². The number of thiophene rings is 1. The fourth-order valence-electron chi connectivity index (χ4n) is 1.99. The van der Waals surface area contributed by atoms with Crippen molar-refractivity contribution in [2.75, 3.05) is 18.9 Å². The van der Waals surface area contributed by atoms with Gasteiger partial charge < -0.3 is 10.5 Å². The molecule has 1 fully saturated rings. The molecule has 110 valence electrons. The zero-order chi connectivity index (χ0) is 14.4. The summed E-state index contributed by atoms with van der Waals surface area (Å²) in [5, 5.41) is 1.89. The van der Waals surface area contributed by atoms with Gasteiger partial charge in [0.05, 0.1) is 18.4 Å². The molecule has 1 aromatic rings. The average Bonchev–Trinajstić information content (AvgIpc) is 3.04. The van der Waals surface area contributed by atoms with Gasteiger partial charge in [-0.25, -0.2) is 13.1 Å². The summed E-state index contributed by atoms with van der Waals surface area (Å²) in [6.45, 7) is 1.21. The maximum Gasteiger partial charge on any atom is 0.214 e. The van der Waals surface area contributed by atoms with Crippen molar-refractivity contribution in [3.63, 3.8) is 0 Å². The molecule has 0 saturated carbocycles. The quantitative estimate of drug-likeness (QED) is 0.782. The van der Waals surface area contributed by atoms with E-state index < -0.39 is 10.0 Å². The van der Waals surface area contributed by atoms with Crippen molar-refractivity contribution in [3.8, 4) is 11.8 Å². The molecule has 0 radical (unpaired) electrons. The first-order valence-corrected chi connectivity index (χ1v) is 8.98. The number of nitrogens with one attached hydrogen (secondary N) is 1. The van der Waals surface area contributed by atoms with Crippen molar-refractivity contribution < 1.29 is 13.2 Å². The Bertz CT molecular complexity index is 593. The molecular formula is C13H18N2O3S2. The van der Waals surface area contributed by atoms with Crippen LogP contribution >= 0.6 is 11.3 Å². The monoisotopic (exact) mass is 314 g/mol. The van der Waals surface area contributed by atoms with Crippen molar-refractivity contribution >= 4 is 21.4 Å². The Kier molecular flexibility index (Phi) is 5.57. The molecule has 0 amide bonds. The predicted octanol–water partition coefficient (Wildman–Crippen LogP) is 0.657. The molecule has 1 atom stereocenters. The lowest BCUT2D eigenvalue weighted by molar-refractivity contribution is 0.127. The second kappa shape index (κ2) is 7.20. The molecule has 20 heavy (non-hydrogen) atoms. The van der Waals surface area contributed by atoms with Crippen LogP contribution in [0.4, 0.5) is 0 Å². The molecule has 5 nitrogen and oxygen atoms in total. The van der Waals surface area contributed by atoms with Crippen LogP contribution in [0, 0.1) is 11.8 Å². The Balaban J connectivity index is 1.92. The maximum atomic E-state index is 12.0. The molecule has 2 heterocycles. The normalized spacial score (nSPS) is 18.8. The van der Waals surface area contributed by atoms with Crippen LogP contribution in [-0.2, 0) is 21.3 Å². The predicted molar refractivity (Wildman–Crippen MR) is 79.9 cm³/mol. The maximum absolute atomic E-state index is 12.0. The van der Waals surface area contributed by atoms with Crippen LogP contribution in [-0.4, -0.2) is 33.4 Å². The highest BCUT2D eigenvalue weighted by atomic mass is 32.2. The van der Waals surface area contributed by atoms with Gasteiger partial charge in [0.1, 0.15) is 0 Å². The van der Waals surface area contributed by atoms with E-state index in [1.165, 1.54) is 11.3 Å². The summed E-state index contributed by atoms with van der Waals surface area (Å²) < 4.78 is 31.9. The molecule has 0 bridgehead atoms. The van der Waals surface area contributed by atoms with Gasteiger partial charge in [-0.2, -0.15) is 0 Å². The molecule has 0 aliphatic carbocycles. The number of nitrogens with two attached hydrogens (primary N) is 1. The van der Waals surface area contributed by atoms with E-state index in [4.69, 9.17) is 10.5 Å². The number of hydrogen-bond acceptors (Lipinski definition) is 5. The van der Waals surface area contributed by atoms with Crippen molar-refractivity contribution in [3.05, 3.63) is 21.9 Å². The van der Waals surface area contributed by atoms with Crippen LogP contribution < -0.4 is 10.5 Å². The van der Waals surface area contributed by atoms with Gasteiger partial charge in [0.25, 0.3) is 0 Å². The zero-order valence-electron chi connectivity index (χ0n) is 11.1. The zero-order valence-corrected chi connectivity index (χ0v) is 12.7. The molecule has 3 N–H and O–H groups in total. The van der Waals surface area contributed by atoms with E-state index in [-0.39, 0.29) is 18.4 Å². The summed E-state index contributed by atoms with van der Waals surface area (Å²) in [4.78, 5) is 0.905. The van der Waals surface area contributed by atoms with Crippen molar-refractivity contribution in [2.45, 2.75) is 25.5 Å². The largest absolute Gasteiger partial charge is 0.377 e. The summed E-state index contributed by atoms with van der Waals surface area (Å²) in [5.74, 6) is 5.74. The Hall–Kier alpha value is -0.910. The van der Waals surface area contributed by atoms with Crippen molar-refractivity contribution in [1.29, 1.82) is 0 Å². The van der Waals surface area contributed by atoms with E-state index >= 15 is 0 Å². The fraction of sp³-hybridized carbons (Fsp3) is 0.538. The van der Waals surface area contributed by atoms with Crippen molar-refractivity contribution in [2.24, 2.45) is 5.73 Å². The summed E-state index contributed by atoms with van der Waals surface area (Å²) in [7, 11) is -3.32. The molecule has 7 heteroatoms. The standard InChI is InChI=1S/C13H18N2O3S2/c14-6-1-3-11-5-8-19-13(11)9-15-20(16,17)10-12-4-2-7-18-12/h5,8,12,15H,2,4,6-7,9-10,14H2. The van der Waals surface area contributed by atoms with Gasteiger partial charge in [-0.15, -0.1) is 11.3 Å². The SMILES string of the molecule is NCC#Cc1ccsc1CNS(=O)(=O)CC1CCCO1. The fourth-order valence-corrected chi connectivity index (χ4v) is 4.09. The number of hydrogen-bond donors (Lipinski definition) is 2. The van der Waals surface area contributed by atoms with E-state index in [1.54, 1.807) is 0 Å². The molecule has 1 aromatic heterocycles. The van der Waals surface area contributed by atoms with Crippen LogP contribution in [0.1, 0.15) is 23.3 Å². The molecule has 0 aromatic carbocycles. The lowest BCUT2D eigenvalue weighted by Crippen LogP contribution is -2.31. The molecule has 0 spiro atoms. The minimum atomic E-state index is -3.32. The summed E-state index contributed by atoms with van der Waals surface area (Å²) in [5.41, 5.74) is 6.17. The number of sulfonamides is 1. The van der Waals surface area contributed by atoms with Gasteiger partial charge in [0.2, 0.25) is 10.0 Å². The number of ether oxygens (including phenoxy) is 1. The van der Waals surface area contributed by atoms with Gasteiger partial charge in [-0.3, -0.25) is 0 Å². The summed E-state index contributed by atoms with van der Waals surface area (Å²) in [6.07, 6.45) is 1.57. The molecule has 1 aliphatic rings. The lowest BCUT2D eigenvalue weighted by Gasteiger charge is -2.10. The second-order valence-corrected chi connectivity index (χ2v) is 7.35. The topological polar surface area (TPSA) is 81.4 Å². The minimum Gasteiger partial charge on any atom is -0.377 e. The van der Waals surface area contributed by atoms with Crippen LogP contribution in [0.3, 0.4) is 0 Å². The smallest absolute Gasteiger partial charge is 0.214 e. The first-order chi connectivity index (χ1) is 9.61. The first kappa shape index (κ1) is 15.5. The second-order valence-electron chi connectivity index (χ2n) is 4.50. The third kappa shape index (κ3) is 4.58. The third-order valence-corrected chi connectivity index (χ3v) is 5.27. The summed E-state index contributed by atoms with van der Waals surface area (Å²) in [6, 6.07) is 1.87. The summed E-state index contributed by atoms with van der Waals surface area (Å²) >= 11 is 1.48. The van der Waals surface area contributed by atoms with Crippen LogP contribution in [0.15, 0.2) is 11.4 Å². The van der Waals surface area contributed by atoms with E-state index in [9.17, 15) is 8.42 Å². The van der Waals surface area contributed by atoms with Gasteiger partial charge in [-0.05, 0) is 24.3 Å². The highest BCUT2D eigenvalue weighted by molar-refractivity contribution is 7.89. The van der Waals surface area contributed by atoms with Crippen LogP contribution in [0.25, 0.3) is 0 Å². The van der Waals surface area contributed by atoms with Gasteiger partial charge in [-0.1, -0.05) is 11.8 Å².